The van der Waals surface area contributed by atoms with Crippen LogP contribution in [0.25, 0.3) is 0 Å². The standard InChI is InChI=1S/C61H98N6O17P2Si2/c1-47(2)64(60(7,8)79-25-17-23-62)85-81-39-37-77-35-33-75-31-29-73-27-19-53-43-51(21-41-87(11,12)13)45-55(57(53)66(69)70)49(5)83-59(68)84-50(6)56-46-52(22-42-88(14,15)16)44-54(58(56)67(71)72)20-28-74-30-32-76-34-36-78-38-40-82-86-65(48(3)4)61(9,10)80-26-18-24-63/h43-50,85-86H,17-20,25-40H2,1-16H3. The number of hydrogen-bond donors (Lipinski definition) is 0. The Labute approximate surface area is 528 Å². The van der Waals surface area contributed by atoms with Crippen LogP contribution in [0.1, 0.15) is 128 Å². The highest BCUT2D eigenvalue weighted by Gasteiger charge is 2.33. The van der Waals surface area contributed by atoms with Crippen LogP contribution >= 0.6 is 17.9 Å². The first kappa shape index (κ1) is 79.5. The van der Waals surface area contributed by atoms with E-state index in [1.165, 1.54) is 13.8 Å². The van der Waals surface area contributed by atoms with Crippen molar-refractivity contribution in [2.75, 3.05) is 106 Å². The molecule has 4 atom stereocenters. The molecule has 2 rings (SSSR count). The van der Waals surface area contributed by atoms with Crippen molar-refractivity contribution < 1.29 is 71.1 Å². The maximum atomic E-state index is 13.7. The summed E-state index contributed by atoms with van der Waals surface area (Å²) in [7, 11) is -3.73. The number of benzene rings is 2. The highest BCUT2D eigenvalue weighted by molar-refractivity contribution is 7.29. The molecule has 0 bridgehead atoms. The molecular weight excluding hydrogens is 1210 g/mol. The molecule has 2 aromatic rings. The van der Waals surface area contributed by atoms with E-state index >= 15 is 0 Å². The summed E-state index contributed by atoms with van der Waals surface area (Å²) in [5, 5.41) is 43.4. The Bertz CT molecular complexity index is 2500. The van der Waals surface area contributed by atoms with Crippen LogP contribution in [0.3, 0.4) is 0 Å². The first-order chi connectivity index (χ1) is 41.4. The van der Waals surface area contributed by atoms with Crippen molar-refractivity contribution in [2.24, 2.45) is 0 Å². The van der Waals surface area contributed by atoms with E-state index in [0.717, 1.165) is 0 Å². The number of hydrogen-bond acceptors (Lipinski definition) is 21. The van der Waals surface area contributed by atoms with E-state index in [9.17, 15) is 25.0 Å². The zero-order valence-corrected chi connectivity index (χ0v) is 58.9. The zero-order chi connectivity index (χ0) is 65.9. The Kier molecular flexibility index (Phi) is 37.7. The predicted molar refractivity (Wildman–Crippen MR) is 346 cm³/mol. The van der Waals surface area contributed by atoms with Gasteiger partial charge in [0.1, 0.15) is 39.8 Å². The van der Waals surface area contributed by atoms with Crippen molar-refractivity contribution in [3.8, 4) is 35.1 Å². The van der Waals surface area contributed by atoms with Gasteiger partial charge in [-0.15, -0.1) is 11.1 Å². The summed E-state index contributed by atoms with van der Waals surface area (Å²) in [5.74, 6) is 6.36. The van der Waals surface area contributed by atoms with E-state index in [1.54, 1.807) is 24.3 Å². The maximum Gasteiger partial charge on any atom is 0.509 e. The molecule has 0 saturated heterocycles. The fraction of sp³-hybridized carbons (Fsp3) is 0.689. The number of carbonyl (C=O) groups excluding carboxylic acids is 1. The third-order valence-corrected chi connectivity index (χ3v) is 17.3. The molecule has 0 aromatic heterocycles. The molecule has 0 N–H and O–H groups in total. The monoisotopic (exact) mass is 1300 g/mol. The molecule has 0 spiro atoms. The van der Waals surface area contributed by atoms with Gasteiger partial charge in [-0.3, -0.25) is 20.2 Å². The first-order valence-electron chi connectivity index (χ1n) is 29.8. The summed E-state index contributed by atoms with van der Waals surface area (Å²) in [5.41, 5.74) is 6.71. The third-order valence-electron chi connectivity index (χ3n) is 12.4. The Morgan fingerprint density at radius 1 is 0.523 bits per heavy atom. The Morgan fingerprint density at radius 3 is 1.11 bits per heavy atom. The van der Waals surface area contributed by atoms with Crippen LogP contribution in [0.4, 0.5) is 16.2 Å². The molecule has 27 heteroatoms. The predicted octanol–water partition coefficient (Wildman–Crippen LogP) is 11.9. The van der Waals surface area contributed by atoms with Gasteiger partial charge in [-0.1, -0.05) is 51.1 Å². The normalized spacial score (nSPS) is 13.0. The summed E-state index contributed by atoms with van der Waals surface area (Å²) in [6.45, 7) is 36.1. The van der Waals surface area contributed by atoms with Gasteiger partial charge in [0.05, 0.1) is 170 Å². The van der Waals surface area contributed by atoms with E-state index in [4.69, 9.17) is 66.9 Å². The van der Waals surface area contributed by atoms with Gasteiger partial charge in [0.25, 0.3) is 11.4 Å². The quantitative estimate of drug-likeness (QED) is 0.00871. The molecule has 0 aliphatic rings. The minimum absolute atomic E-state index is 0.0452. The second-order valence-corrected chi connectivity index (χ2v) is 35.2. The van der Waals surface area contributed by atoms with Gasteiger partial charge in [-0.05, 0) is 93.5 Å². The average Bonchev–Trinajstić information content (AvgIpc) is 0.985. The molecule has 0 saturated carbocycles. The minimum atomic E-state index is -1.91. The van der Waals surface area contributed by atoms with Gasteiger partial charge in [0.15, 0.2) is 0 Å². The Balaban J connectivity index is 2.07. The summed E-state index contributed by atoms with van der Waals surface area (Å²) >= 11 is 0. The van der Waals surface area contributed by atoms with Crippen LogP contribution < -0.4 is 0 Å². The van der Waals surface area contributed by atoms with Crippen LogP contribution in [-0.2, 0) is 69.3 Å². The molecule has 0 aliphatic carbocycles. The number of rotatable bonds is 44. The van der Waals surface area contributed by atoms with E-state index < -0.39 is 55.8 Å². The molecule has 2 aromatic carbocycles. The highest BCUT2D eigenvalue weighted by Crippen LogP contribution is 2.38. The van der Waals surface area contributed by atoms with E-state index in [0.29, 0.717) is 101 Å². The maximum absolute atomic E-state index is 13.7. The van der Waals surface area contributed by atoms with Crippen molar-refractivity contribution in [3.63, 3.8) is 0 Å². The van der Waals surface area contributed by atoms with Crippen molar-refractivity contribution in [3.05, 3.63) is 77.9 Å². The fourth-order valence-corrected chi connectivity index (χ4v) is 11.0. The number of ether oxygens (including phenoxy) is 10. The number of nitro groups is 2. The number of nitro benzene ring substituents is 2. The molecule has 492 valence electrons. The second-order valence-electron chi connectivity index (χ2n) is 23.8. The van der Waals surface area contributed by atoms with Gasteiger partial charge in [-0.25, -0.2) is 14.1 Å². The van der Waals surface area contributed by atoms with Crippen molar-refractivity contribution in [2.45, 2.75) is 170 Å². The van der Waals surface area contributed by atoms with Crippen molar-refractivity contribution >= 4 is 51.6 Å². The van der Waals surface area contributed by atoms with Gasteiger partial charge in [0.2, 0.25) is 0 Å². The Morgan fingerprint density at radius 2 is 0.830 bits per heavy atom. The summed E-state index contributed by atoms with van der Waals surface area (Å²) < 4.78 is 73.6. The molecule has 0 heterocycles. The third kappa shape index (κ3) is 32.4. The first-order valence-corrected chi connectivity index (χ1v) is 38.5. The summed E-state index contributed by atoms with van der Waals surface area (Å²) in [4.78, 5) is 38.3. The minimum Gasteiger partial charge on any atom is -0.426 e. The molecule has 0 radical (unpaired) electrons. The number of nitrogens with zero attached hydrogens (tertiary/aromatic N) is 6. The fourth-order valence-electron chi connectivity index (χ4n) is 8.38. The molecule has 0 amide bonds. The summed E-state index contributed by atoms with van der Waals surface area (Å²) in [6.07, 6.45) is -2.72. The largest absolute Gasteiger partial charge is 0.509 e. The van der Waals surface area contributed by atoms with Gasteiger partial charge < -0.3 is 56.4 Å². The van der Waals surface area contributed by atoms with Crippen molar-refractivity contribution in [1.29, 1.82) is 10.5 Å². The second kappa shape index (κ2) is 41.7. The lowest BCUT2D eigenvalue weighted by Crippen LogP contribution is -2.45. The lowest BCUT2D eigenvalue weighted by atomic mass is 9.97. The molecule has 4 unspecified atom stereocenters. The number of carbonyl (C=O) groups is 1. The smallest absolute Gasteiger partial charge is 0.426 e. The van der Waals surface area contributed by atoms with Crippen molar-refractivity contribution in [1.82, 2.24) is 9.34 Å². The van der Waals surface area contributed by atoms with Crippen LogP contribution in [0, 0.1) is 65.8 Å². The zero-order valence-electron chi connectivity index (χ0n) is 54.9. The van der Waals surface area contributed by atoms with E-state index in [1.807, 2.05) is 27.7 Å². The van der Waals surface area contributed by atoms with Gasteiger partial charge in [0, 0.05) is 47.2 Å². The van der Waals surface area contributed by atoms with Crippen LogP contribution in [-0.4, -0.2) is 171 Å². The lowest BCUT2D eigenvalue weighted by Gasteiger charge is -2.40. The van der Waals surface area contributed by atoms with Gasteiger partial charge >= 0.3 is 6.16 Å². The molecule has 0 fully saturated rings. The lowest BCUT2D eigenvalue weighted by molar-refractivity contribution is -0.386. The van der Waals surface area contributed by atoms with Crippen LogP contribution in [0.5, 0.6) is 0 Å². The highest BCUT2D eigenvalue weighted by atomic mass is 31.1. The molecular formula is C61H98N6O17P2Si2. The van der Waals surface area contributed by atoms with E-state index in [2.05, 4.69) is 111 Å². The van der Waals surface area contributed by atoms with E-state index in [-0.39, 0.29) is 105 Å². The molecule has 88 heavy (non-hydrogen) atoms. The SMILES string of the molecule is CC(OC(=O)OC(C)c1cc(C#C[Si](C)(C)C)cc(CCOCCOCCOCCOPN(C(C)C)C(C)(C)OCCC#N)c1[N+](=O)[O-])c1cc(C#C[Si](C)(C)C)cc(CCOCCOCCOCCOPN(C(C)C)C(C)(C)OCCC#N)c1[N+](=O)[O-]. The number of nitriles is 2. The van der Waals surface area contributed by atoms with Crippen LogP contribution in [0.2, 0.25) is 39.3 Å². The topological polar surface area (TPSA) is 268 Å². The van der Waals surface area contributed by atoms with Gasteiger partial charge in [-0.2, -0.15) is 10.5 Å². The summed E-state index contributed by atoms with van der Waals surface area (Å²) in [6, 6.07) is 10.9. The Hall–Kier alpha value is -4.58. The average molecular weight is 1310 g/mol. The molecule has 0 aliphatic heterocycles. The molecule has 23 nitrogen and oxygen atoms in total. The van der Waals surface area contributed by atoms with Crippen LogP contribution in [0.15, 0.2) is 24.3 Å².